The molecule has 0 aliphatic rings. The Hall–Kier alpha value is -1.64. The molecule has 1 heterocycles. The molecule has 4 nitrogen and oxygen atoms in total. The number of fused-ring (bicyclic) bond motifs is 1. The highest BCUT2D eigenvalue weighted by atomic mass is 79.9. The van der Waals surface area contributed by atoms with E-state index in [4.69, 9.17) is 0 Å². The van der Waals surface area contributed by atoms with Crippen LogP contribution in [0.5, 0.6) is 0 Å². The molecule has 0 aliphatic carbocycles. The van der Waals surface area contributed by atoms with Crippen molar-refractivity contribution in [1.82, 2.24) is 9.13 Å². The van der Waals surface area contributed by atoms with Crippen LogP contribution in [0.15, 0.2) is 21.4 Å². The second-order valence-electron chi connectivity index (χ2n) is 4.47. The Morgan fingerprint density at radius 1 is 1.19 bits per heavy atom. The van der Waals surface area contributed by atoms with Crippen LogP contribution in [0.2, 0.25) is 0 Å². The number of imidazole rings is 1. The molecule has 0 saturated heterocycles. The third-order valence-corrected chi connectivity index (χ3v) is 3.84. The lowest BCUT2D eigenvalue weighted by Gasteiger charge is -2.15. The Kier molecular flexibility index (Phi) is 3.73. The smallest absolute Gasteiger partial charge is 0.295 e. The first kappa shape index (κ1) is 15.7. The summed E-state index contributed by atoms with van der Waals surface area (Å²) in [5.74, 6) is -6.79. The number of hydrogen-bond donors (Lipinski definition) is 0. The predicted octanol–water partition coefficient (Wildman–Crippen LogP) is 2.72. The minimum absolute atomic E-state index is 0.0819. The van der Waals surface area contributed by atoms with Gasteiger partial charge in [-0.15, -0.1) is 0 Å². The summed E-state index contributed by atoms with van der Waals surface area (Å²) in [4.78, 5) is 23.4. The Labute approximate surface area is 124 Å². The standard InChI is InChI=1S/C12H9BrF4N2O2/c1-18-7-3-5(9(20)12(16,17)10(14)15)6(13)4-8(7)19(2)11(18)21/h3-4,10H,1-2H3. The molecular formula is C12H9BrF4N2O2. The molecular weight excluding hydrogens is 360 g/mol. The van der Waals surface area contributed by atoms with E-state index < -0.39 is 29.4 Å². The highest BCUT2D eigenvalue weighted by molar-refractivity contribution is 9.10. The topological polar surface area (TPSA) is 44.0 Å². The minimum Gasteiger partial charge on any atom is -0.295 e. The van der Waals surface area contributed by atoms with E-state index in [0.29, 0.717) is 5.52 Å². The van der Waals surface area contributed by atoms with Gasteiger partial charge in [-0.1, -0.05) is 0 Å². The van der Waals surface area contributed by atoms with E-state index in [0.717, 1.165) is 10.6 Å². The second-order valence-corrected chi connectivity index (χ2v) is 5.33. The molecule has 0 spiro atoms. The van der Waals surface area contributed by atoms with Crippen LogP contribution in [0.4, 0.5) is 17.6 Å². The Morgan fingerprint density at radius 3 is 2.14 bits per heavy atom. The minimum atomic E-state index is -4.79. The summed E-state index contributed by atoms with van der Waals surface area (Å²) in [6.45, 7) is 0. The summed E-state index contributed by atoms with van der Waals surface area (Å²) in [5.41, 5.74) is -0.457. The number of alkyl halides is 4. The van der Waals surface area contributed by atoms with E-state index in [2.05, 4.69) is 15.9 Å². The molecule has 1 aromatic heterocycles. The molecule has 114 valence electrons. The molecule has 9 heteroatoms. The third-order valence-electron chi connectivity index (χ3n) is 3.18. The number of halogens is 5. The maximum absolute atomic E-state index is 13.2. The van der Waals surface area contributed by atoms with Gasteiger partial charge in [-0.25, -0.2) is 13.6 Å². The zero-order chi connectivity index (χ0) is 16.1. The highest BCUT2D eigenvalue weighted by Gasteiger charge is 2.49. The summed E-state index contributed by atoms with van der Waals surface area (Å²) in [6.07, 6.45) is -4.10. The number of carbonyl (C=O) groups is 1. The number of hydrogen-bond acceptors (Lipinski definition) is 2. The second kappa shape index (κ2) is 4.97. The van der Waals surface area contributed by atoms with Crippen LogP contribution in [-0.4, -0.2) is 27.3 Å². The average Bonchev–Trinajstić information content (AvgIpc) is 2.62. The lowest BCUT2D eigenvalue weighted by atomic mass is 10.0. The van der Waals surface area contributed by atoms with Crippen molar-refractivity contribution in [2.45, 2.75) is 12.3 Å². The number of nitrogens with zero attached hydrogens (tertiary/aromatic N) is 2. The molecule has 0 unspecified atom stereocenters. The Bertz CT molecular complexity index is 795. The molecule has 1 aromatic carbocycles. The molecule has 0 atom stereocenters. The van der Waals surface area contributed by atoms with Crippen LogP contribution in [-0.2, 0) is 14.1 Å². The van der Waals surface area contributed by atoms with Crippen molar-refractivity contribution in [3.63, 3.8) is 0 Å². The fourth-order valence-electron chi connectivity index (χ4n) is 1.97. The first-order chi connectivity index (χ1) is 9.59. The van der Waals surface area contributed by atoms with Gasteiger partial charge in [0, 0.05) is 24.1 Å². The van der Waals surface area contributed by atoms with Gasteiger partial charge in [-0.3, -0.25) is 13.9 Å². The van der Waals surface area contributed by atoms with E-state index in [9.17, 15) is 27.2 Å². The van der Waals surface area contributed by atoms with Crippen molar-refractivity contribution < 1.29 is 22.4 Å². The highest BCUT2D eigenvalue weighted by Crippen LogP contribution is 2.32. The Balaban J connectivity index is 2.72. The van der Waals surface area contributed by atoms with Crippen LogP contribution in [0.1, 0.15) is 10.4 Å². The fourth-order valence-corrected chi connectivity index (χ4v) is 2.48. The summed E-state index contributed by atoms with van der Waals surface area (Å²) >= 11 is 2.90. The molecule has 0 radical (unpaired) electrons. The number of rotatable bonds is 3. The SMILES string of the molecule is Cn1c(=O)n(C)c2cc(C(=O)C(F)(F)C(F)F)c(Br)cc21. The maximum atomic E-state index is 13.2. The van der Waals surface area contributed by atoms with E-state index in [-0.39, 0.29) is 9.99 Å². The van der Waals surface area contributed by atoms with Crippen molar-refractivity contribution in [2.24, 2.45) is 14.1 Å². The molecule has 0 aliphatic heterocycles. The number of benzene rings is 1. The fraction of sp³-hybridized carbons (Fsp3) is 0.333. The summed E-state index contributed by atoms with van der Waals surface area (Å²) in [7, 11) is 2.85. The lowest BCUT2D eigenvalue weighted by molar-refractivity contribution is -0.0958. The van der Waals surface area contributed by atoms with Gasteiger partial charge in [0.2, 0.25) is 5.78 Å². The summed E-state index contributed by atoms with van der Waals surface area (Å²) in [5, 5.41) is 0. The molecule has 0 saturated carbocycles. The molecule has 21 heavy (non-hydrogen) atoms. The van der Waals surface area contributed by atoms with Gasteiger partial charge < -0.3 is 0 Å². The van der Waals surface area contributed by atoms with Gasteiger partial charge >= 0.3 is 18.0 Å². The Morgan fingerprint density at radius 2 is 1.67 bits per heavy atom. The number of aromatic nitrogens is 2. The van der Waals surface area contributed by atoms with Gasteiger partial charge in [0.1, 0.15) is 0 Å². The molecule has 0 amide bonds. The number of aryl methyl sites for hydroxylation is 2. The van der Waals surface area contributed by atoms with Gasteiger partial charge in [-0.2, -0.15) is 8.78 Å². The largest absolute Gasteiger partial charge is 0.368 e. The third kappa shape index (κ3) is 2.29. The van der Waals surface area contributed by atoms with Crippen LogP contribution in [0.25, 0.3) is 11.0 Å². The lowest BCUT2D eigenvalue weighted by Crippen LogP contribution is -2.36. The van der Waals surface area contributed by atoms with Crippen molar-refractivity contribution in [3.05, 3.63) is 32.7 Å². The quantitative estimate of drug-likeness (QED) is 0.617. The summed E-state index contributed by atoms with van der Waals surface area (Å²) < 4.78 is 53.3. The number of carbonyl (C=O) groups excluding carboxylic acids is 1. The van der Waals surface area contributed by atoms with Gasteiger partial charge in [0.15, 0.2) is 0 Å². The summed E-state index contributed by atoms with van der Waals surface area (Å²) in [6, 6.07) is 2.27. The molecule has 0 fully saturated rings. The van der Waals surface area contributed by atoms with E-state index in [1.165, 1.54) is 24.7 Å². The van der Waals surface area contributed by atoms with E-state index >= 15 is 0 Å². The van der Waals surface area contributed by atoms with Crippen molar-refractivity contribution in [2.75, 3.05) is 0 Å². The molecule has 0 N–H and O–H groups in total. The van der Waals surface area contributed by atoms with E-state index in [1.54, 1.807) is 0 Å². The first-order valence-electron chi connectivity index (χ1n) is 5.64. The van der Waals surface area contributed by atoms with Gasteiger partial charge in [0.25, 0.3) is 0 Å². The number of ketones is 1. The predicted molar refractivity (Wildman–Crippen MR) is 71.1 cm³/mol. The van der Waals surface area contributed by atoms with Crippen molar-refractivity contribution >= 4 is 32.7 Å². The maximum Gasteiger partial charge on any atom is 0.368 e. The average molecular weight is 369 g/mol. The van der Waals surface area contributed by atoms with Gasteiger partial charge in [-0.05, 0) is 28.1 Å². The molecule has 0 bridgehead atoms. The number of Topliss-reactive ketones (excluding diaryl/α,β-unsaturated/α-hetero) is 1. The van der Waals surface area contributed by atoms with Crippen LogP contribution < -0.4 is 5.69 Å². The molecule has 2 aromatic rings. The van der Waals surface area contributed by atoms with E-state index in [1.807, 2.05) is 0 Å². The van der Waals surface area contributed by atoms with Crippen molar-refractivity contribution in [1.29, 1.82) is 0 Å². The normalized spacial score (nSPS) is 12.4. The zero-order valence-corrected chi connectivity index (χ0v) is 12.4. The first-order valence-corrected chi connectivity index (χ1v) is 6.44. The van der Waals surface area contributed by atoms with Crippen LogP contribution >= 0.6 is 15.9 Å². The monoisotopic (exact) mass is 368 g/mol. The van der Waals surface area contributed by atoms with Crippen molar-refractivity contribution in [3.8, 4) is 0 Å². The molecule has 2 rings (SSSR count). The van der Waals surface area contributed by atoms with Gasteiger partial charge in [0.05, 0.1) is 11.0 Å². The van der Waals surface area contributed by atoms with Crippen LogP contribution in [0, 0.1) is 0 Å². The van der Waals surface area contributed by atoms with Crippen LogP contribution in [0.3, 0.4) is 0 Å². The zero-order valence-electron chi connectivity index (χ0n) is 10.8.